The highest BCUT2D eigenvalue weighted by molar-refractivity contribution is 6.11. The summed E-state index contributed by atoms with van der Waals surface area (Å²) in [5, 5.41) is 7.62. The highest BCUT2D eigenvalue weighted by atomic mass is 16.2. The van der Waals surface area contributed by atoms with Gasteiger partial charge in [0.2, 0.25) is 5.91 Å². The number of nitrogens with two attached hydrogens (primary N) is 1. The summed E-state index contributed by atoms with van der Waals surface area (Å²) in [5.41, 5.74) is 9.16. The van der Waals surface area contributed by atoms with E-state index in [0.29, 0.717) is 11.5 Å². The zero-order valence-corrected chi connectivity index (χ0v) is 14.8. The van der Waals surface area contributed by atoms with Gasteiger partial charge in [0, 0.05) is 23.7 Å². The van der Waals surface area contributed by atoms with Crippen LogP contribution in [0.3, 0.4) is 0 Å². The smallest absolute Gasteiger partial charge is 0.242 e. The Bertz CT molecular complexity index is 897. The fourth-order valence-corrected chi connectivity index (χ4v) is 3.01. The van der Waals surface area contributed by atoms with E-state index in [0.717, 1.165) is 22.4 Å². The van der Waals surface area contributed by atoms with Gasteiger partial charge in [-0.3, -0.25) is 9.69 Å². The van der Waals surface area contributed by atoms with Crippen molar-refractivity contribution in [1.82, 2.24) is 9.97 Å². The van der Waals surface area contributed by atoms with E-state index in [2.05, 4.69) is 9.97 Å². The van der Waals surface area contributed by atoms with Crippen LogP contribution in [0, 0.1) is 12.3 Å². The predicted molar refractivity (Wildman–Crippen MR) is 98.4 cm³/mol. The molecule has 3 N–H and O–H groups in total. The number of nitrogens with one attached hydrogen (secondary N) is 1. The van der Waals surface area contributed by atoms with E-state index < -0.39 is 5.41 Å². The number of rotatable bonds is 3. The lowest BCUT2D eigenvalue weighted by molar-refractivity contribution is -0.121. The molecule has 6 heteroatoms. The van der Waals surface area contributed by atoms with E-state index in [1.54, 1.807) is 19.3 Å². The number of hydrogen-bond donors (Lipinski definition) is 2. The fourth-order valence-electron chi connectivity index (χ4n) is 3.01. The average Bonchev–Trinajstić information content (AvgIpc) is 2.74. The lowest BCUT2D eigenvalue weighted by Gasteiger charge is -2.20. The largest absolute Gasteiger partial charge is 0.385 e. The Balaban J connectivity index is 2.16. The molecule has 1 aliphatic heterocycles. The van der Waals surface area contributed by atoms with Gasteiger partial charge in [-0.25, -0.2) is 9.97 Å². The first-order chi connectivity index (χ1) is 11.7. The number of amides is 1. The summed E-state index contributed by atoms with van der Waals surface area (Å²) < 4.78 is 0. The van der Waals surface area contributed by atoms with Crippen LogP contribution in [0.15, 0.2) is 42.5 Å². The van der Waals surface area contributed by atoms with Gasteiger partial charge in [-0.1, -0.05) is 12.1 Å². The number of anilines is 1. The monoisotopic (exact) mass is 335 g/mol. The minimum atomic E-state index is -0.675. The van der Waals surface area contributed by atoms with E-state index in [1.165, 1.54) is 11.0 Å². The number of carbonyl (C=O) groups excluding carboxylic acids is 1. The third-order valence-corrected chi connectivity index (χ3v) is 4.39. The molecule has 2 heterocycles. The van der Waals surface area contributed by atoms with Gasteiger partial charge >= 0.3 is 0 Å². The second-order valence-corrected chi connectivity index (χ2v) is 6.77. The van der Waals surface area contributed by atoms with E-state index in [-0.39, 0.29) is 11.7 Å². The molecular formula is C19H21N5O. The summed E-state index contributed by atoms with van der Waals surface area (Å²) in [6.07, 6.45) is 5.01. The molecule has 0 fully saturated rings. The maximum absolute atomic E-state index is 12.9. The van der Waals surface area contributed by atoms with Gasteiger partial charge in [0.25, 0.3) is 0 Å². The molecule has 0 saturated carbocycles. The summed E-state index contributed by atoms with van der Waals surface area (Å²) in [6, 6.07) is 5.84. The normalized spacial score (nSPS) is 16.1. The van der Waals surface area contributed by atoms with Crippen LogP contribution in [-0.4, -0.2) is 21.6 Å². The van der Waals surface area contributed by atoms with Crippen molar-refractivity contribution in [2.45, 2.75) is 33.1 Å². The van der Waals surface area contributed by atoms with Gasteiger partial charge in [-0.05, 0) is 51.0 Å². The van der Waals surface area contributed by atoms with Crippen LogP contribution in [0.5, 0.6) is 0 Å². The molecule has 1 aromatic carbocycles. The zero-order valence-electron chi connectivity index (χ0n) is 14.8. The number of hydrogen-bond acceptors (Lipinski definition) is 5. The number of allylic oxidation sites excluding steroid dienone is 1. The van der Waals surface area contributed by atoms with Crippen LogP contribution >= 0.6 is 0 Å². The van der Waals surface area contributed by atoms with Crippen molar-refractivity contribution in [2.75, 3.05) is 4.90 Å². The molecule has 3 rings (SSSR count). The first kappa shape index (κ1) is 16.8. The van der Waals surface area contributed by atoms with Crippen molar-refractivity contribution in [2.24, 2.45) is 5.73 Å². The lowest BCUT2D eigenvalue weighted by atomic mass is 9.85. The van der Waals surface area contributed by atoms with Crippen molar-refractivity contribution in [1.29, 1.82) is 5.41 Å². The molecule has 0 atom stereocenters. The van der Waals surface area contributed by atoms with Crippen molar-refractivity contribution in [3.05, 3.63) is 53.9 Å². The lowest BCUT2D eigenvalue weighted by Crippen LogP contribution is -2.38. The number of carbonyl (C=O) groups is 1. The van der Waals surface area contributed by atoms with Gasteiger partial charge in [-0.2, -0.15) is 0 Å². The van der Waals surface area contributed by atoms with Gasteiger partial charge in [-0.15, -0.1) is 0 Å². The second kappa shape index (κ2) is 5.81. The second-order valence-electron chi connectivity index (χ2n) is 6.77. The minimum Gasteiger partial charge on any atom is -0.385 e. The van der Waals surface area contributed by atoms with E-state index in [4.69, 9.17) is 11.1 Å². The van der Waals surface area contributed by atoms with E-state index in [1.807, 2.05) is 39.0 Å². The summed E-state index contributed by atoms with van der Waals surface area (Å²) in [6.45, 7) is 7.22. The Hall–Kier alpha value is -3.02. The van der Waals surface area contributed by atoms with Crippen LogP contribution in [0.2, 0.25) is 0 Å². The fraction of sp³-hybridized carbons (Fsp3) is 0.263. The number of nitrogens with zero attached hydrogens (tertiary/aromatic N) is 3. The molecule has 0 saturated heterocycles. The Kier molecular flexibility index (Phi) is 3.91. The molecule has 0 spiro atoms. The minimum absolute atomic E-state index is 0.102. The molecule has 0 radical (unpaired) electrons. The van der Waals surface area contributed by atoms with Crippen molar-refractivity contribution < 1.29 is 4.79 Å². The molecule has 0 unspecified atom stereocenters. The molecule has 1 aliphatic rings. The molecule has 2 aromatic rings. The van der Waals surface area contributed by atoms with Gasteiger partial charge in [0.05, 0.1) is 11.1 Å². The van der Waals surface area contributed by atoms with Crippen LogP contribution in [0.1, 0.15) is 32.2 Å². The molecule has 6 nitrogen and oxygen atoms in total. The Morgan fingerprint density at radius 2 is 1.88 bits per heavy atom. The summed E-state index contributed by atoms with van der Waals surface area (Å²) in [7, 11) is 0. The van der Waals surface area contributed by atoms with Gasteiger partial charge in [0.1, 0.15) is 11.6 Å². The van der Waals surface area contributed by atoms with Gasteiger partial charge in [0.15, 0.2) is 0 Å². The molecule has 128 valence electrons. The van der Waals surface area contributed by atoms with Crippen LogP contribution < -0.4 is 10.6 Å². The summed E-state index contributed by atoms with van der Waals surface area (Å²) in [5.74, 6) is 0.855. The number of aryl methyl sites for hydroxylation is 1. The highest BCUT2D eigenvalue weighted by Gasteiger charge is 2.44. The number of fused-ring (bicyclic) bond motifs is 1. The Labute approximate surface area is 146 Å². The SMILES string of the molecule is CC(=N)/C=C(\N)N1C(=O)C(C)(C)c2ccc(-c3cnc(C)nc3)cc21. The van der Waals surface area contributed by atoms with E-state index >= 15 is 0 Å². The maximum Gasteiger partial charge on any atom is 0.242 e. The maximum atomic E-state index is 12.9. The molecule has 25 heavy (non-hydrogen) atoms. The quantitative estimate of drug-likeness (QED) is 0.843. The van der Waals surface area contributed by atoms with E-state index in [9.17, 15) is 4.79 Å². The first-order valence-electron chi connectivity index (χ1n) is 8.02. The third-order valence-electron chi connectivity index (χ3n) is 4.39. The Morgan fingerprint density at radius 3 is 2.48 bits per heavy atom. The predicted octanol–water partition coefficient (Wildman–Crippen LogP) is 2.92. The molecular weight excluding hydrogens is 314 g/mol. The molecule has 1 amide bonds. The first-order valence-corrected chi connectivity index (χ1v) is 8.02. The van der Waals surface area contributed by atoms with Crippen molar-refractivity contribution >= 4 is 17.3 Å². The summed E-state index contributed by atoms with van der Waals surface area (Å²) >= 11 is 0. The number of benzene rings is 1. The summed E-state index contributed by atoms with van der Waals surface area (Å²) in [4.78, 5) is 22.9. The topological polar surface area (TPSA) is 96.0 Å². The standard InChI is InChI=1S/C19H21N5O/c1-11(20)7-17(21)24-16-8-13(14-9-22-12(2)23-10-14)5-6-15(16)19(3,4)18(24)25/h5-10,20H,21H2,1-4H3/b17-7+,20-11?. The zero-order chi connectivity index (χ0) is 18.4. The highest BCUT2D eigenvalue weighted by Crippen LogP contribution is 2.44. The Morgan fingerprint density at radius 1 is 1.24 bits per heavy atom. The van der Waals surface area contributed by atoms with Crippen LogP contribution in [0.4, 0.5) is 5.69 Å². The molecule has 1 aromatic heterocycles. The van der Waals surface area contributed by atoms with Crippen LogP contribution in [-0.2, 0) is 10.2 Å². The molecule has 0 aliphatic carbocycles. The molecule has 0 bridgehead atoms. The third kappa shape index (κ3) is 2.80. The van der Waals surface area contributed by atoms with Crippen LogP contribution in [0.25, 0.3) is 11.1 Å². The van der Waals surface area contributed by atoms with Crippen molar-refractivity contribution in [3.63, 3.8) is 0 Å². The average molecular weight is 335 g/mol. The van der Waals surface area contributed by atoms with Crippen molar-refractivity contribution in [3.8, 4) is 11.1 Å². The number of aromatic nitrogens is 2. The van der Waals surface area contributed by atoms with Gasteiger partial charge < -0.3 is 11.1 Å².